The molecule has 1 unspecified atom stereocenters. The number of hydrogen-bond donors (Lipinski definition) is 2. The van der Waals surface area contributed by atoms with Crippen LogP contribution in [0.4, 0.5) is 0 Å². The van der Waals surface area contributed by atoms with E-state index in [0.29, 0.717) is 6.42 Å². The van der Waals surface area contributed by atoms with E-state index in [1.807, 2.05) is 54.6 Å². The Bertz CT molecular complexity index is 562. The smallest absolute Gasteiger partial charge is 0.119 e. The minimum atomic E-state index is -0.687. The van der Waals surface area contributed by atoms with Crippen molar-refractivity contribution in [3.63, 3.8) is 0 Å². The van der Waals surface area contributed by atoms with Crippen LogP contribution in [0.15, 0.2) is 59.5 Å². The lowest BCUT2D eigenvalue weighted by molar-refractivity contribution is 0.193. The molecule has 2 rings (SSSR count). The quantitative estimate of drug-likeness (QED) is 0.772. The van der Waals surface area contributed by atoms with Crippen molar-refractivity contribution in [1.82, 2.24) is 0 Å². The van der Waals surface area contributed by atoms with Crippen molar-refractivity contribution in [1.29, 1.82) is 0 Å². The molecule has 0 bridgehead atoms. The van der Waals surface area contributed by atoms with Gasteiger partial charge in [0.1, 0.15) is 5.75 Å². The maximum absolute atomic E-state index is 9.66. The summed E-state index contributed by atoms with van der Waals surface area (Å²) in [4.78, 5) is 1.14. The molecular formula is C17H21NO2S. The SMILES string of the molecule is COc1cccc(SCCC(N)(CO)c2ccccc2)c1. The highest BCUT2D eigenvalue weighted by molar-refractivity contribution is 7.99. The Kier molecular flexibility index (Phi) is 5.67. The molecule has 0 spiro atoms. The number of benzene rings is 2. The van der Waals surface area contributed by atoms with E-state index in [1.54, 1.807) is 18.9 Å². The van der Waals surface area contributed by atoms with Crippen LogP contribution in [-0.4, -0.2) is 24.6 Å². The molecule has 3 nitrogen and oxygen atoms in total. The predicted octanol–water partition coefficient (Wildman–Crippen LogP) is 3.02. The Labute approximate surface area is 130 Å². The molecule has 4 heteroatoms. The third kappa shape index (κ3) is 4.24. The summed E-state index contributed by atoms with van der Waals surface area (Å²) in [5, 5.41) is 9.66. The number of hydrogen-bond acceptors (Lipinski definition) is 4. The number of nitrogens with two attached hydrogens (primary N) is 1. The summed E-state index contributed by atoms with van der Waals surface area (Å²) in [5.74, 6) is 1.68. The Morgan fingerprint density at radius 2 is 1.90 bits per heavy atom. The van der Waals surface area contributed by atoms with Gasteiger partial charge in [0.25, 0.3) is 0 Å². The van der Waals surface area contributed by atoms with E-state index in [9.17, 15) is 5.11 Å². The maximum atomic E-state index is 9.66. The number of rotatable bonds is 7. The number of ether oxygens (including phenoxy) is 1. The second kappa shape index (κ2) is 7.50. The van der Waals surface area contributed by atoms with Crippen molar-refractivity contribution in [2.24, 2.45) is 5.73 Å². The van der Waals surface area contributed by atoms with Crippen LogP contribution in [0.25, 0.3) is 0 Å². The molecule has 0 radical (unpaired) electrons. The predicted molar refractivity (Wildman–Crippen MR) is 87.7 cm³/mol. The van der Waals surface area contributed by atoms with Gasteiger partial charge in [-0.05, 0) is 30.2 Å². The van der Waals surface area contributed by atoms with Crippen LogP contribution in [0.2, 0.25) is 0 Å². The highest BCUT2D eigenvalue weighted by Crippen LogP contribution is 2.28. The summed E-state index contributed by atoms with van der Waals surface area (Å²) in [5.41, 5.74) is 6.63. The first-order chi connectivity index (χ1) is 10.2. The molecular weight excluding hydrogens is 282 g/mol. The molecule has 0 heterocycles. The normalized spacial score (nSPS) is 13.7. The van der Waals surface area contributed by atoms with Crippen LogP contribution in [-0.2, 0) is 5.54 Å². The fourth-order valence-electron chi connectivity index (χ4n) is 2.13. The van der Waals surface area contributed by atoms with Gasteiger partial charge in [-0.3, -0.25) is 0 Å². The molecule has 0 fully saturated rings. The maximum Gasteiger partial charge on any atom is 0.119 e. The average molecular weight is 303 g/mol. The highest BCUT2D eigenvalue weighted by Gasteiger charge is 2.25. The van der Waals surface area contributed by atoms with Crippen molar-refractivity contribution in [3.05, 3.63) is 60.2 Å². The van der Waals surface area contributed by atoms with Crippen molar-refractivity contribution >= 4 is 11.8 Å². The van der Waals surface area contributed by atoms with E-state index in [4.69, 9.17) is 10.5 Å². The molecule has 0 saturated carbocycles. The molecule has 0 aliphatic carbocycles. The molecule has 0 aliphatic heterocycles. The molecule has 0 saturated heterocycles. The van der Waals surface area contributed by atoms with Gasteiger partial charge in [0, 0.05) is 10.6 Å². The minimum Gasteiger partial charge on any atom is -0.497 e. The first-order valence-electron chi connectivity index (χ1n) is 6.90. The number of thioether (sulfide) groups is 1. The average Bonchev–Trinajstić information content (AvgIpc) is 2.55. The van der Waals surface area contributed by atoms with E-state index in [0.717, 1.165) is 22.0 Å². The molecule has 21 heavy (non-hydrogen) atoms. The van der Waals surface area contributed by atoms with Gasteiger partial charge >= 0.3 is 0 Å². The van der Waals surface area contributed by atoms with Gasteiger partial charge in [-0.2, -0.15) is 0 Å². The van der Waals surface area contributed by atoms with E-state index < -0.39 is 5.54 Å². The van der Waals surface area contributed by atoms with Gasteiger partial charge in [-0.1, -0.05) is 36.4 Å². The third-order valence-electron chi connectivity index (χ3n) is 3.49. The molecule has 0 aliphatic rings. The van der Waals surface area contributed by atoms with Crippen molar-refractivity contribution in [2.45, 2.75) is 16.9 Å². The van der Waals surface area contributed by atoms with Crippen LogP contribution < -0.4 is 10.5 Å². The highest BCUT2D eigenvalue weighted by atomic mass is 32.2. The first-order valence-corrected chi connectivity index (χ1v) is 7.88. The summed E-state index contributed by atoms with van der Waals surface area (Å²) in [6.45, 7) is -0.0598. The number of aliphatic hydroxyl groups is 1. The van der Waals surface area contributed by atoms with E-state index in [-0.39, 0.29) is 6.61 Å². The minimum absolute atomic E-state index is 0.0598. The number of methoxy groups -OCH3 is 1. The Hall–Kier alpha value is -1.49. The molecule has 2 aromatic carbocycles. The molecule has 3 N–H and O–H groups in total. The summed E-state index contributed by atoms with van der Waals surface area (Å²) in [6.07, 6.45) is 0.704. The monoisotopic (exact) mass is 303 g/mol. The summed E-state index contributed by atoms with van der Waals surface area (Å²) in [7, 11) is 1.66. The lowest BCUT2D eigenvalue weighted by atomic mass is 9.89. The van der Waals surface area contributed by atoms with Crippen LogP contribution in [0.5, 0.6) is 5.75 Å². The van der Waals surface area contributed by atoms with Crippen LogP contribution in [0.3, 0.4) is 0 Å². The molecule has 1 atom stereocenters. The molecule has 112 valence electrons. The second-order valence-corrected chi connectivity index (χ2v) is 6.13. The van der Waals surface area contributed by atoms with Crippen molar-refractivity contribution in [2.75, 3.05) is 19.5 Å². The zero-order valence-corrected chi connectivity index (χ0v) is 13.0. The van der Waals surface area contributed by atoms with Crippen LogP contribution in [0.1, 0.15) is 12.0 Å². The first kappa shape index (κ1) is 15.9. The van der Waals surface area contributed by atoms with Gasteiger partial charge in [0.2, 0.25) is 0 Å². The van der Waals surface area contributed by atoms with Gasteiger partial charge < -0.3 is 15.6 Å². The van der Waals surface area contributed by atoms with Gasteiger partial charge in [-0.15, -0.1) is 11.8 Å². The Morgan fingerprint density at radius 1 is 1.14 bits per heavy atom. The fraction of sp³-hybridized carbons (Fsp3) is 0.294. The summed E-state index contributed by atoms with van der Waals surface area (Å²) >= 11 is 1.72. The largest absolute Gasteiger partial charge is 0.497 e. The fourth-order valence-corrected chi connectivity index (χ4v) is 3.20. The van der Waals surface area contributed by atoms with Crippen LogP contribution >= 0.6 is 11.8 Å². The topological polar surface area (TPSA) is 55.5 Å². The zero-order chi connectivity index (χ0) is 15.1. The third-order valence-corrected chi connectivity index (χ3v) is 4.48. The van der Waals surface area contributed by atoms with Crippen LogP contribution in [0, 0.1) is 0 Å². The van der Waals surface area contributed by atoms with E-state index in [1.165, 1.54) is 0 Å². The van der Waals surface area contributed by atoms with Crippen molar-refractivity contribution < 1.29 is 9.84 Å². The molecule has 2 aromatic rings. The Morgan fingerprint density at radius 3 is 2.57 bits per heavy atom. The lowest BCUT2D eigenvalue weighted by Gasteiger charge is -2.27. The van der Waals surface area contributed by atoms with Gasteiger partial charge in [0.05, 0.1) is 19.3 Å². The summed E-state index contributed by atoms with van der Waals surface area (Å²) < 4.78 is 5.21. The Balaban J connectivity index is 1.97. The van der Waals surface area contributed by atoms with E-state index >= 15 is 0 Å². The molecule has 0 amide bonds. The lowest BCUT2D eigenvalue weighted by Crippen LogP contribution is -2.41. The standard InChI is InChI=1S/C17H21NO2S/c1-20-15-8-5-9-16(12-15)21-11-10-17(18,13-19)14-6-3-2-4-7-14/h2-9,12,19H,10-11,13,18H2,1H3. The summed E-state index contributed by atoms with van der Waals surface area (Å²) in [6, 6.07) is 17.7. The molecule has 0 aromatic heterocycles. The van der Waals surface area contributed by atoms with E-state index in [2.05, 4.69) is 0 Å². The van der Waals surface area contributed by atoms with Gasteiger partial charge in [-0.25, -0.2) is 0 Å². The number of aliphatic hydroxyl groups excluding tert-OH is 1. The van der Waals surface area contributed by atoms with Crippen molar-refractivity contribution in [3.8, 4) is 5.75 Å². The second-order valence-electron chi connectivity index (χ2n) is 4.96. The zero-order valence-electron chi connectivity index (χ0n) is 12.2. The van der Waals surface area contributed by atoms with Gasteiger partial charge in [0.15, 0.2) is 0 Å².